The topological polar surface area (TPSA) is 62.7 Å². The van der Waals surface area contributed by atoms with Crippen LogP contribution in [0.5, 0.6) is 0 Å². The van der Waals surface area contributed by atoms with Crippen molar-refractivity contribution < 1.29 is 4.79 Å². The van der Waals surface area contributed by atoms with Crippen molar-refractivity contribution in [2.45, 2.75) is 6.54 Å². The van der Waals surface area contributed by atoms with Crippen LogP contribution in [0.3, 0.4) is 0 Å². The standard InChI is InChI=1S/C16H10Cl4N4OS/c17-8-1-3-11(18)10(5-8)15(25)21-7-14-22-23-16(26)24(14)9-2-4-12(19)13(20)6-9/h1-6H,7H2,(H,21,25)(H,23,26). The highest BCUT2D eigenvalue weighted by atomic mass is 35.5. The van der Waals surface area contributed by atoms with Crippen LogP contribution in [0, 0.1) is 4.77 Å². The van der Waals surface area contributed by atoms with Gasteiger partial charge < -0.3 is 5.32 Å². The van der Waals surface area contributed by atoms with Crippen molar-refractivity contribution in [1.29, 1.82) is 0 Å². The molecule has 0 aliphatic heterocycles. The molecule has 3 rings (SSSR count). The van der Waals surface area contributed by atoms with Gasteiger partial charge in [0, 0.05) is 5.02 Å². The van der Waals surface area contributed by atoms with Crippen molar-refractivity contribution in [2.75, 3.05) is 0 Å². The van der Waals surface area contributed by atoms with Crippen molar-refractivity contribution in [3.63, 3.8) is 0 Å². The molecule has 0 atom stereocenters. The Morgan fingerprint density at radius 1 is 1.08 bits per heavy atom. The van der Waals surface area contributed by atoms with Gasteiger partial charge in [0.15, 0.2) is 10.6 Å². The van der Waals surface area contributed by atoms with E-state index in [0.29, 0.717) is 36.4 Å². The third-order valence-electron chi connectivity index (χ3n) is 3.48. The second-order valence-corrected chi connectivity index (χ2v) is 7.23. The van der Waals surface area contributed by atoms with Crippen LogP contribution in [0.25, 0.3) is 5.69 Å². The summed E-state index contributed by atoms with van der Waals surface area (Å²) < 4.78 is 2.01. The first kappa shape index (κ1) is 19.2. The maximum atomic E-state index is 12.4. The van der Waals surface area contributed by atoms with E-state index in [1.807, 2.05) is 0 Å². The molecule has 10 heteroatoms. The average Bonchev–Trinajstić information content (AvgIpc) is 2.98. The minimum atomic E-state index is -0.382. The zero-order valence-corrected chi connectivity index (χ0v) is 16.7. The van der Waals surface area contributed by atoms with Crippen LogP contribution in [0.1, 0.15) is 16.2 Å². The van der Waals surface area contributed by atoms with E-state index < -0.39 is 0 Å². The molecule has 0 bridgehead atoms. The van der Waals surface area contributed by atoms with Gasteiger partial charge >= 0.3 is 0 Å². The SMILES string of the molecule is O=C(NCc1n[nH]c(=S)n1-c1ccc(Cl)c(Cl)c1)c1cc(Cl)ccc1Cl. The van der Waals surface area contributed by atoms with Crippen molar-refractivity contribution in [2.24, 2.45) is 0 Å². The molecule has 2 aromatic carbocycles. The van der Waals surface area contributed by atoms with Crippen molar-refractivity contribution >= 4 is 64.5 Å². The molecular weight excluding hydrogens is 438 g/mol. The summed E-state index contributed by atoms with van der Waals surface area (Å²) in [4.78, 5) is 12.4. The zero-order chi connectivity index (χ0) is 18.8. The molecule has 1 heterocycles. The predicted molar refractivity (Wildman–Crippen MR) is 106 cm³/mol. The summed E-state index contributed by atoms with van der Waals surface area (Å²) in [6, 6.07) is 9.73. The largest absolute Gasteiger partial charge is 0.345 e. The Labute approximate surface area is 173 Å². The lowest BCUT2D eigenvalue weighted by Gasteiger charge is -2.10. The number of aromatic amines is 1. The third kappa shape index (κ3) is 4.05. The van der Waals surface area contributed by atoms with Crippen LogP contribution >= 0.6 is 58.6 Å². The molecule has 3 aromatic rings. The first-order valence-corrected chi connectivity index (χ1v) is 9.14. The Morgan fingerprint density at radius 3 is 2.54 bits per heavy atom. The molecule has 0 aliphatic carbocycles. The lowest BCUT2D eigenvalue weighted by Crippen LogP contribution is -2.25. The number of hydrogen-bond acceptors (Lipinski definition) is 3. The third-order valence-corrected chi connectivity index (χ3v) is 5.06. The van der Waals surface area contributed by atoms with Gasteiger partial charge in [0.25, 0.3) is 5.91 Å². The van der Waals surface area contributed by atoms with E-state index in [9.17, 15) is 4.79 Å². The van der Waals surface area contributed by atoms with Crippen LogP contribution < -0.4 is 5.32 Å². The number of hydrogen-bond donors (Lipinski definition) is 2. The summed E-state index contributed by atoms with van der Waals surface area (Å²) in [6.45, 7) is 0.106. The number of nitrogens with zero attached hydrogens (tertiary/aromatic N) is 2. The van der Waals surface area contributed by atoms with Crippen LogP contribution in [-0.2, 0) is 6.54 Å². The molecular formula is C16H10Cl4N4OS. The maximum absolute atomic E-state index is 12.4. The predicted octanol–water partition coefficient (Wildman–Crippen LogP) is 5.47. The number of rotatable bonds is 4. The molecule has 1 amide bonds. The number of aromatic nitrogens is 3. The maximum Gasteiger partial charge on any atom is 0.253 e. The van der Waals surface area contributed by atoms with E-state index in [2.05, 4.69) is 15.5 Å². The minimum absolute atomic E-state index is 0.106. The Hall–Kier alpha value is -1.57. The van der Waals surface area contributed by atoms with Crippen LogP contribution in [-0.4, -0.2) is 20.7 Å². The van der Waals surface area contributed by atoms with Crippen molar-refractivity contribution in [3.05, 3.63) is 72.6 Å². The second-order valence-electron chi connectivity index (χ2n) is 5.19. The van der Waals surface area contributed by atoms with Crippen LogP contribution in [0.15, 0.2) is 36.4 Å². The smallest absolute Gasteiger partial charge is 0.253 e. The van der Waals surface area contributed by atoms with Gasteiger partial charge in [-0.3, -0.25) is 14.5 Å². The van der Waals surface area contributed by atoms with Crippen LogP contribution in [0.4, 0.5) is 0 Å². The zero-order valence-electron chi connectivity index (χ0n) is 12.9. The van der Waals surface area contributed by atoms with E-state index in [4.69, 9.17) is 58.6 Å². The fourth-order valence-electron chi connectivity index (χ4n) is 2.26. The molecule has 0 aliphatic rings. The molecule has 134 valence electrons. The number of carbonyl (C=O) groups is 1. The number of amides is 1. The minimum Gasteiger partial charge on any atom is -0.345 e. The highest BCUT2D eigenvalue weighted by Gasteiger charge is 2.14. The molecule has 0 unspecified atom stereocenters. The monoisotopic (exact) mass is 446 g/mol. The van der Waals surface area contributed by atoms with E-state index in [1.165, 1.54) is 6.07 Å². The number of H-pyrrole nitrogens is 1. The summed E-state index contributed by atoms with van der Waals surface area (Å²) in [7, 11) is 0. The van der Waals surface area contributed by atoms with Crippen molar-refractivity contribution in [3.8, 4) is 5.69 Å². The lowest BCUT2D eigenvalue weighted by molar-refractivity contribution is 0.0950. The Kier molecular flexibility index (Phi) is 5.89. The fraction of sp³-hybridized carbons (Fsp3) is 0.0625. The molecule has 0 radical (unpaired) electrons. The van der Waals surface area contributed by atoms with Gasteiger partial charge in [-0.1, -0.05) is 46.4 Å². The van der Waals surface area contributed by atoms with Gasteiger partial charge in [-0.15, -0.1) is 0 Å². The van der Waals surface area contributed by atoms with Crippen molar-refractivity contribution in [1.82, 2.24) is 20.1 Å². The van der Waals surface area contributed by atoms with Gasteiger partial charge in [0.1, 0.15) is 0 Å². The van der Waals surface area contributed by atoms with Gasteiger partial charge in [-0.2, -0.15) is 5.10 Å². The van der Waals surface area contributed by atoms with Crippen LogP contribution in [0.2, 0.25) is 20.1 Å². The van der Waals surface area contributed by atoms with Gasteiger partial charge in [0.05, 0.1) is 32.9 Å². The lowest BCUT2D eigenvalue weighted by atomic mass is 10.2. The average molecular weight is 448 g/mol. The molecule has 0 spiro atoms. The number of benzene rings is 2. The van der Waals surface area contributed by atoms with Gasteiger partial charge in [0.2, 0.25) is 0 Å². The Morgan fingerprint density at radius 2 is 1.81 bits per heavy atom. The van der Waals surface area contributed by atoms with E-state index in [-0.39, 0.29) is 18.0 Å². The highest BCUT2D eigenvalue weighted by Crippen LogP contribution is 2.25. The Balaban J connectivity index is 1.85. The molecule has 2 N–H and O–H groups in total. The molecule has 0 saturated carbocycles. The summed E-state index contributed by atoms with van der Waals surface area (Å²) in [5.41, 5.74) is 0.942. The summed E-state index contributed by atoms with van der Waals surface area (Å²) >= 11 is 29.2. The summed E-state index contributed by atoms with van der Waals surface area (Å²) in [5, 5.41) is 11.1. The molecule has 5 nitrogen and oxygen atoms in total. The summed E-state index contributed by atoms with van der Waals surface area (Å²) in [5.74, 6) is 0.104. The second kappa shape index (κ2) is 7.98. The van der Waals surface area contributed by atoms with E-state index >= 15 is 0 Å². The number of carbonyl (C=O) groups excluding carboxylic acids is 1. The normalized spacial score (nSPS) is 10.8. The first-order chi connectivity index (χ1) is 12.4. The summed E-state index contributed by atoms with van der Waals surface area (Å²) in [6.07, 6.45) is 0. The van der Waals surface area contributed by atoms with Gasteiger partial charge in [-0.25, -0.2) is 0 Å². The van der Waals surface area contributed by atoms with E-state index in [1.54, 1.807) is 34.9 Å². The molecule has 0 saturated heterocycles. The Bertz CT molecular complexity index is 1050. The number of halogens is 4. The highest BCUT2D eigenvalue weighted by molar-refractivity contribution is 7.71. The molecule has 0 fully saturated rings. The quantitative estimate of drug-likeness (QED) is 0.521. The first-order valence-electron chi connectivity index (χ1n) is 7.22. The van der Waals surface area contributed by atoms with E-state index in [0.717, 1.165) is 0 Å². The fourth-order valence-corrected chi connectivity index (χ4v) is 3.19. The van der Waals surface area contributed by atoms with Gasteiger partial charge in [-0.05, 0) is 48.6 Å². The molecule has 26 heavy (non-hydrogen) atoms. The number of nitrogens with one attached hydrogen (secondary N) is 2. The molecule has 1 aromatic heterocycles.